The van der Waals surface area contributed by atoms with Crippen LogP contribution < -0.4 is 10.1 Å². The van der Waals surface area contributed by atoms with Crippen LogP contribution in [0.1, 0.15) is 18.5 Å². The van der Waals surface area contributed by atoms with Crippen molar-refractivity contribution < 1.29 is 4.74 Å². The number of hydrogen-bond acceptors (Lipinski definition) is 2. The second kappa shape index (κ2) is 4.63. The minimum Gasteiger partial charge on any atom is -0.496 e. The maximum absolute atomic E-state index is 5.28. The molecule has 0 aliphatic carbocycles. The van der Waals surface area contributed by atoms with Gasteiger partial charge in [0.1, 0.15) is 5.75 Å². The molecule has 72 valence electrons. The molecular formula is C10H14BrNO. The standard InChI is InChI=1S/C10H14BrNO/c1-7(12-2)9-5-4-8(11)6-10(9)13-3/h4-7,12H,1-3H3/t7-/m0/s1. The van der Waals surface area contributed by atoms with E-state index in [0.29, 0.717) is 6.04 Å². The molecule has 1 aromatic rings. The average molecular weight is 244 g/mol. The maximum atomic E-state index is 5.28. The fourth-order valence-electron chi connectivity index (χ4n) is 1.20. The second-order valence-corrected chi connectivity index (χ2v) is 3.81. The summed E-state index contributed by atoms with van der Waals surface area (Å²) in [6, 6.07) is 6.36. The summed E-state index contributed by atoms with van der Waals surface area (Å²) in [7, 11) is 3.62. The molecule has 0 aliphatic heterocycles. The largest absolute Gasteiger partial charge is 0.496 e. The summed E-state index contributed by atoms with van der Waals surface area (Å²) in [5.74, 6) is 0.913. The molecule has 0 heterocycles. The molecule has 0 unspecified atom stereocenters. The van der Waals surface area contributed by atoms with Gasteiger partial charge in [0.2, 0.25) is 0 Å². The SMILES string of the molecule is CN[C@@H](C)c1ccc(Br)cc1OC. The van der Waals surface area contributed by atoms with Crippen LogP contribution >= 0.6 is 15.9 Å². The molecule has 13 heavy (non-hydrogen) atoms. The lowest BCUT2D eigenvalue weighted by atomic mass is 10.1. The van der Waals surface area contributed by atoms with Crippen LogP contribution in [0.25, 0.3) is 0 Å². The molecule has 0 radical (unpaired) electrons. The van der Waals surface area contributed by atoms with Crippen LogP contribution in [0.5, 0.6) is 5.75 Å². The highest BCUT2D eigenvalue weighted by molar-refractivity contribution is 9.10. The zero-order valence-corrected chi connectivity index (χ0v) is 9.68. The van der Waals surface area contributed by atoms with Crippen LogP contribution in [0.2, 0.25) is 0 Å². The van der Waals surface area contributed by atoms with Gasteiger partial charge in [-0.2, -0.15) is 0 Å². The van der Waals surface area contributed by atoms with E-state index in [2.05, 4.69) is 34.2 Å². The third-order valence-corrected chi connectivity index (χ3v) is 2.59. The molecule has 1 aromatic carbocycles. The number of hydrogen-bond donors (Lipinski definition) is 1. The lowest BCUT2D eigenvalue weighted by Crippen LogP contribution is -2.13. The fourth-order valence-corrected chi connectivity index (χ4v) is 1.54. The average Bonchev–Trinajstić information content (AvgIpc) is 2.16. The zero-order chi connectivity index (χ0) is 9.84. The molecule has 1 rings (SSSR count). The zero-order valence-electron chi connectivity index (χ0n) is 8.10. The van der Waals surface area contributed by atoms with Crippen molar-refractivity contribution in [2.75, 3.05) is 14.2 Å². The van der Waals surface area contributed by atoms with Gasteiger partial charge in [0.25, 0.3) is 0 Å². The van der Waals surface area contributed by atoms with Crippen molar-refractivity contribution in [1.82, 2.24) is 5.32 Å². The van der Waals surface area contributed by atoms with Gasteiger partial charge in [-0.1, -0.05) is 22.0 Å². The van der Waals surface area contributed by atoms with Crippen molar-refractivity contribution >= 4 is 15.9 Å². The molecule has 0 spiro atoms. The van der Waals surface area contributed by atoms with Crippen molar-refractivity contribution in [1.29, 1.82) is 0 Å². The summed E-state index contributed by atoms with van der Waals surface area (Å²) in [4.78, 5) is 0. The second-order valence-electron chi connectivity index (χ2n) is 2.90. The predicted octanol–water partition coefficient (Wildman–Crippen LogP) is 2.74. The normalized spacial score (nSPS) is 12.6. The molecule has 0 aromatic heterocycles. The first-order valence-corrected chi connectivity index (χ1v) is 4.99. The van der Waals surface area contributed by atoms with Crippen molar-refractivity contribution in [2.45, 2.75) is 13.0 Å². The van der Waals surface area contributed by atoms with Crippen LogP contribution in [0.4, 0.5) is 0 Å². The highest BCUT2D eigenvalue weighted by atomic mass is 79.9. The monoisotopic (exact) mass is 243 g/mol. The number of methoxy groups -OCH3 is 1. The minimum absolute atomic E-state index is 0.308. The number of halogens is 1. The third-order valence-electron chi connectivity index (χ3n) is 2.10. The Bertz CT molecular complexity index is 288. The Labute approximate surface area is 87.4 Å². The molecule has 0 fully saturated rings. The number of ether oxygens (including phenoxy) is 1. The first kappa shape index (κ1) is 10.5. The van der Waals surface area contributed by atoms with Gasteiger partial charge in [0, 0.05) is 16.1 Å². The number of rotatable bonds is 3. The Morgan fingerprint density at radius 2 is 2.15 bits per heavy atom. The maximum Gasteiger partial charge on any atom is 0.124 e. The van der Waals surface area contributed by atoms with Crippen LogP contribution in [0, 0.1) is 0 Å². The highest BCUT2D eigenvalue weighted by Crippen LogP contribution is 2.27. The first-order chi connectivity index (χ1) is 6.19. The summed E-state index contributed by atoms with van der Waals surface area (Å²) in [6.07, 6.45) is 0. The Morgan fingerprint density at radius 1 is 1.46 bits per heavy atom. The van der Waals surface area contributed by atoms with Crippen molar-refractivity contribution in [2.24, 2.45) is 0 Å². The van der Waals surface area contributed by atoms with E-state index in [-0.39, 0.29) is 0 Å². The van der Waals surface area contributed by atoms with Crippen LogP contribution in [-0.4, -0.2) is 14.2 Å². The fraction of sp³-hybridized carbons (Fsp3) is 0.400. The summed E-state index contributed by atoms with van der Waals surface area (Å²) in [5.41, 5.74) is 1.17. The summed E-state index contributed by atoms with van der Waals surface area (Å²) in [5, 5.41) is 3.18. The molecule has 3 heteroatoms. The van der Waals surface area contributed by atoms with Crippen molar-refractivity contribution in [3.8, 4) is 5.75 Å². The van der Waals surface area contributed by atoms with Gasteiger partial charge in [-0.15, -0.1) is 0 Å². The topological polar surface area (TPSA) is 21.3 Å². The smallest absolute Gasteiger partial charge is 0.124 e. The molecule has 2 nitrogen and oxygen atoms in total. The minimum atomic E-state index is 0.308. The van der Waals surface area contributed by atoms with Gasteiger partial charge in [-0.3, -0.25) is 0 Å². The van der Waals surface area contributed by atoms with Crippen LogP contribution in [0.3, 0.4) is 0 Å². The third kappa shape index (κ3) is 2.45. The summed E-state index contributed by atoms with van der Waals surface area (Å²) >= 11 is 3.41. The molecule has 0 bridgehead atoms. The van der Waals surface area contributed by atoms with Crippen LogP contribution in [0.15, 0.2) is 22.7 Å². The van der Waals surface area contributed by atoms with E-state index in [9.17, 15) is 0 Å². The van der Waals surface area contributed by atoms with Gasteiger partial charge >= 0.3 is 0 Å². The van der Waals surface area contributed by atoms with E-state index < -0.39 is 0 Å². The predicted molar refractivity (Wildman–Crippen MR) is 58.2 cm³/mol. The quantitative estimate of drug-likeness (QED) is 0.882. The van der Waals surface area contributed by atoms with Gasteiger partial charge in [0.15, 0.2) is 0 Å². The molecule has 1 atom stereocenters. The van der Waals surface area contributed by atoms with Crippen molar-refractivity contribution in [3.05, 3.63) is 28.2 Å². The Kier molecular flexibility index (Phi) is 3.75. The lowest BCUT2D eigenvalue weighted by Gasteiger charge is -2.14. The first-order valence-electron chi connectivity index (χ1n) is 4.19. The Morgan fingerprint density at radius 3 is 2.69 bits per heavy atom. The van der Waals surface area contributed by atoms with Gasteiger partial charge in [-0.05, 0) is 26.1 Å². The molecule has 0 amide bonds. The van der Waals surface area contributed by atoms with E-state index in [1.165, 1.54) is 5.56 Å². The summed E-state index contributed by atoms with van der Waals surface area (Å²) < 4.78 is 6.32. The van der Waals surface area contributed by atoms with E-state index in [4.69, 9.17) is 4.74 Å². The van der Waals surface area contributed by atoms with E-state index >= 15 is 0 Å². The van der Waals surface area contributed by atoms with Gasteiger partial charge in [-0.25, -0.2) is 0 Å². The van der Waals surface area contributed by atoms with Gasteiger partial charge < -0.3 is 10.1 Å². The Balaban J connectivity index is 3.05. The van der Waals surface area contributed by atoms with Crippen molar-refractivity contribution in [3.63, 3.8) is 0 Å². The van der Waals surface area contributed by atoms with E-state index in [1.807, 2.05) is 19.2 Å². The van der Waals surface area contributed by atoms with E-state index in [1.54, 1.807) is 7.11 Å². The van der Waals surface area contributed by atoms with Gasteiger partial charge in [0.05, 0.1) is 7.11 Å². The lowest BCUT2D eigenvalue weighted by molar-refractivity contribution is 0.403. The highest BCUT2D eigenvalue weighted by Gasteiger charge is 2.08. The molecular weight excluding hydrogens is 230 g/mol. The molecule has 0 saturated carbocycles. The summed E-state index contributed by atoms with van der Waals surface area (Å²) in [6.45, 7) is 2.10. The van der Waals surface area contributed by atoms with Crippen LogP contribution in [-0.2, 0) is 0 Å². The molecule has 0 saturated heterocycles. The Hall–Kier alpha value is -0.540. The number of nitrogens with one attached hydrogen (secondary N) is 1. The van der Waals surface area contributed by atoms with E-state index in [0.717, 1.165) is 10.2 Å². The number of benzene rings is 1. The molecule has 0 aliphatic rings. The molecule has 1 N–H and O–H groups in total.